The van der Waals surface area contributed by atoms with Crippen LogP contribution < -0.4 is 10.5 Å². The Morgan fingerprint density at radius 3 is 2.68 bits per heavy atom. The Hall–Kier alpha value is -2.27. The van der Waals surface area contributed by atoms with Gasteiger partial charge in [0, 0.05) is 23.3 Å². The average molecular weight is 317 g/mol. The Morgan fingerprint density at radius 1 is 1.27 bits per heavy atom. The lowest BCUT2D eigenvalue weighted by molar-refractivity contribution is 0.415. The largest absolute Gasteiger partial charge is 0.495 e. The molecule has 0 unspecified atom stereocenters. The number of halogens is 1. The van der Waals surface area contributed by atoms with Gasteiger partial charge in [-0.25, -0.2) is 9.67 Å². The first-order valence-corrected chi connectivity index (χ1v) is 7.37. The van der Waals surface area contributed by atoms with E-state index in [0.29, 0.717) is 33.7 Å². The number of hydrogen-bond acceptors (Lipinski definition) is 4. The number of ether oxygens (including phenoxy) is 1. The Morgan fingerprint density at radius 2 is 2.05 bits per heavy atom. The molecule has 2 N–H and O–H groups in total. The van der Waals surface area contributed by atoms with E-state index in [4.69, 9.17) is 22.1 Å². The topological polar surface area (TPSA) is 66.0 Å². The van der Waals surface area contributed by atoms with Crippen molar-refractivity contribution in [3.05, 3.63) is 41.2 Å². The Balaban J connectivity index is 2.20. The molecule has 2 heterocycles. The van der Waals surface area contributed by atoms with Crippen molar-refractivity contribution in [2.24, 2.45) is 0 Å². The number of anilines is 1. The lowest BCUT2D eigenvalue weighted by atomic mass is 10.1. The minimum atomic E-state index is 0.350. The predicted octanol–water partition coefficient (Wildman–Crippen LogP) is 3.79. The number of hydrogen-bond donors (Lipinski definition) is 1. The summed E-state index contributed by atoms with van der Waals surface area (Å²) in [4.78, 5) is 4.60. The summed E-state index contributed by atoms with van der Waals surface area (Å²) in [5.74, 6) is 1.55. The van der Waals surface area contributed by atoms with Crippen LogP contribution in [0.2, 0.25) is 5.02 Å². The molecule has 2 aromatic heterocycles. The molecule has 0 spiro atoms. The first-order valence-electron chi connectivity index (χ1n) is 7.00. The molecule has 0 saturated carbocycles. The fourth-order valence-electron chi connectivity index (χ4n) is 2.30. The van der Waals surface area contributed by atoms with Crippen LogP contribution in [0, 0.1) is 0 Å². The quantitative estimate of drug-likeness (QED) is 0.798. The van der Waals surface area contributed by atoms with Gasteiger partial charge < -0.3 is 10.5 Å². The third-order valence-electron chi connectivity index (χ3n) is 3.56. The van der Waals surface area contributed by atoms with E-state index in [2.05, 4.69) is 23.9 Å². The van der Waals surface area contributed by atoms with E-state index < -0.39 is 0 Å². The fourth-order valence-corrected chi connectivity index (χ4v) is 2.58. The molecule has 0 atom stereocenters. The molecule has 0 aliphatic carbocycles. The summed E-state index contributed by atoms with van der Waals surface area (Å²) >= 11 is 6.36. The number of nitrogens with zero attached hydrogens (tertiary/aromatic N) is 3. The number of benzene rings is 1. The fraction of sp³-hybridized carbons (Fsp3) is 0.250. The predicted molar refractivity (Wildman–Crippen MR) is 88.9 cm³/mol. The van der Waals surface area contributed by atoms with Crippen LogP contribution in [0.25, 0.3) is 16.7 Å². The van der Waals surface area contributed by atoms with E-state index >= 15 is 0 Å². The number of nitrogen functional groups attached to an aromatic ring is 1. The van der Waals surface area contributed by atoms with E-state index in [1.807, 2.05) is 18.3 Å². The van der Waals surface area contributed by atoms with Gasteiger partial charge in [0.1, 0.15) is 10.8 Å². The van der Waals surface area contributed by atoms with Crippen molar-refractivity contribution in [3.8, 4) is 11.6 Å². The number of pyridine rings is 1. The summed E-state index contributed by atoms with van der Waals surface area (Å²) in [6.07, 6.45) is 1.87. The highest BCUT2D eigenvalue weighted by atomic mass is 35.5. The second-order valence-electron chi connectivity index (χ2n) is 5.39. The minimum absolute atomic E-state index is 0.350. The standard InChI is InChI=1S/C16H17ClN4O/c1-9(2)12-6-7-21(20-12)14-8-11(18)10-4-5-13(22-3)15(17)16(10)19-14/h4-9H,1-3H3,(H2,18,19). The number of methoxy groups -OCH3 is 1. The molecule has 3 rings (SSSR count). The molecule has 0 aliphatic rings. The van der Waals surface area contributed by atoms with Gasteiger partial charge in [-0.2, -0.15) is 5.10 Å². The monoisotopic (exact) mass is 316 g/mol. The molecular weight excluding hydrogens is 300 g/mol. The molecule has 0 saturated heterocycles. The van der Waals surface area contributed by atoms with Crippen molar-refractivity contribution in [1.82, 2.24) is 14.8 Å². The highest BCUT2D eigenvalue weighted by Gasteiger charge is 2.13. The van der Waals surface area contributed by atoms with E-state index in [-0.39, 0.29) is 0 Å². The molecule has 114 valence electrons. The summed E-state index contributed by atoms with van der Waals surface area (Å²) in [7, 11) is 1.57. The van der Waals surface area contributed by atoms with Crippen molar-refractivity contribution in [1.29, 1.82) is 0 Å². The third-order valence-corrected chi connectivity index (χ3v) is 3.92. The number of fused-ring (bicyclic) bond motifs is 1. The SMILES string of the molecule is COc1ccc2c(N)cc(-n3ccc(C(C)C)n3)nc2c1Cl. The normalized spacial score (nSPS) is 11.3. The molecule has 0 aliphatic heterocycles. The Kier molecular flexibility index (Phi) is 3.66. The molecule has 0 bridgehead atoms. The van der Waals surface area contributed by atoms with Gasteiger partial charge in [0.05, 0.1) is 18.3 Å². The maximum atomic E-state index is 6.36. The van der Waals surface area contributed by atoms with Crippen LogP contribution in [0.3, 0.4) is 0 Å². The first kappa shape index (κ1) is 14.7. The number of aromatic nitrogens is 3. The highest BCUT2D eigenvalue weighted by Crippen LogP contribution is 2.34. The van der Waals surface area contributed by atoms with Crippen molar-refractivity contribution in [2.45, 2.75) is 19.8 Å². The van der Waals surface area contributed by atoms with Crippen molar-refractivity contribution in [2.75, 3.05) is 12.8 Å². The van der Waals surface area contributed by atoms with Crippen LogP contribution in [0.4, 0.5) is 5.69 Å². The van der Waals surface area contributed by atoms with Gasteiger partial charge in [-0.3, -0.25) is 0 Å². The van der Waals surface area contributed by atoms with Gasteiger partial charge >= 0.3 is 0 Å². The molecule has 0 amide bonds. The molecule has 5 nitrogen and oxygen atoms in total. The van der Waals surface area contributed by atoms with E-state index in [1.165, 1.54) is 0 Å². The van der Waals surface area contributed by atoms with Crippen LogP contribution in [0.1, 0.15) is 25.5 Å². The molecule has 0 radical (unpaired) electrons. The molecule has 6 heteroatoms. The summed E-state index contributed by atoms with van der Waals surface area (Å²) in [5, 5.41) is 5.77. The van der Waals surface area contributed by atoms with Crippen LogP contribution in [0.5, 0.6) is 5.75 Å². The van der Waals surface area contributed by atoms with Crippen LogP contribution in [0.15, 0.2) is 30.5 Å². The van der Waals surface area contributed by atoms with Gasteiger partial charge in [-0.15, -0.1) is 0 Å². The van der Waals surface area contributed by atoms with Crippen LogP contribution >= 0.6 is 11.6 Å². The average Bonchev–Trinajstić information content (AvgIpc) is 2.98. The lowest BCUT2D eigenvalue weighted by Crippen LogP contribution is -2.02. The molecule has 3 aromatic rings. The lowest BCUT2D eigenvalue weighted by Gasteiger charge is -2.10. The third kappa shape index (κ3) is 2.37. The molecule has 1 aromatic carbocycles. The number of rotatable bonds is 3. The molecule has 0 fully saturated rings. The summed E-state index contributed by atoms with van der Waals surface area (Å²) < 4.78 is 6.95. The first-order chi connectivity index (χ1) is 10.5. The van der Waals surface area contributed by atoms with Crippen LogP contribution in [-0.4, -0.2) is 21.9 Å². The summed E-state index contributed by atoms with van der Waals surface area (Å²) in [5.41, 5.74) is 8.35. The minimum Gasteiger partial charge on any atom is -0.495 e. The molecule has 22 heavy (non-hydrogen) atoms. The van der Waals surface area contributed by atoms with Gasteiger partial charge in [-0.05, 0) is 24.1 Å². The van der Waals surface area contributed by atoms with Crippen LogP contribution in [-0.2, 0) is 0 Å². The molecular formula is C16H17ClN4O. The Bertz CT molecular complexity index is 842. The van der Waals surface area contributed by atoms with Crippen molar-refractivity contribution in [3.63, 3.8) is 0 Å². The second kappa shape index (κ2) is 5.50. The van der Waals surface area contributed by atoms with Crippen molar-refractivity contribution >= 4 is 28.2 Å². The van der Waals surface area contributed by atoms with E-state index in [0.717, 1.165) is 11.1 Å². The maximum absolute atomic E-state index is 6.36. The summed E-state index contributed by atoms with van der Waals surface area (Å²) in [6.45, 7) is 4.19. The van der Waals surface area contributed by atoms with Gasteiger partial charge in [-0.1, -0.05) is 25.4 Å². The number of nitrogens with two attached hydrogens (primary N) is 1. The van der Waals surface area contributed by atoms with Gasteiger partial charge in [0.2, 0.25) is 0 Å². The van der Waals surface area contributed by atoms with Crippen molar-refractivity contribution < 1.29 is 4.74 Å². The zero-order chi connectivity index (χ0) is 15.9. The Labute approximate surface area is 133 Å². The van der Waals surface area contributed by atoms with E-state index in [1.54, 1.807) is 23.9 Å². The van der Waals surface area contributed by atoms with Gasteiger partial charge in [0.15, 0.2) is 5.82 Å². The zero-order valence-electron chi connectivity index (χ0n) is 12.7. The zero-order valence-corrected chi connectivity index (χ0v) is 13.4. The summed E-state index contributed by atoms with van der Waals surface area (Å²) in [6, 6.07) is 7.41. The highest BCUT2D eigenvalue weighted by molar-refractivity contribution is 6.36. The maximum Gasteiger partial charge on any atom is 0.156 e. The second-order valence-corrected chi connectivity index (χ2v) is 5.77. The van der Waals surface area contributed by atoms with Gasteiger partial charge in [0.25, 0.3) is 0 Å². The smallest absolute Gasteiger partial charge is 0.156 e. The van der Waals surface area contributed by atoms with E-state index in [9.17, 15) is 0 Å².